The van der Waals surface area contributed by atoms with Gasteiger partial charge in [0.2, 0.25) is 0 Å². The van der Waals surface area contributed by atoms with E-state index in [1.54, 1.807) is 6.07 Å². The van der Waals surface area contributed by atoms with Crippen molar-refractivity contribution in [1.29, 1.82) is 0 Å². The fourth-order valence-corrected chi connectivity index (χ4v) is 3.65. The van der Waals surface area contributed by atoms with Crippen molar-refractivity contribution in [2.45, 2.75) is 45.8 Å². The Balaban J connectivity index is 2.26. The molecule has 126 valence electrons. The third-order valence-corrected chi connectivity index (χ3v) is 4.37. The molecule has 0 spiro atoms. The van der Waals surface area contributed by atoms with Gasteiger partial charge in [0.15, 0.2) is 17.5 Å². The number of nitrogens with zero attached hydrogens (tertiary/aromatic N) is 2. The van der Waals surface area contributed by atoms with Crippen molar-refractivity contribution < 1.29 is 19.7 Å². The van der Waals surface area contributed by atoms with E-state index >= 15 is 0 Å². The van der Waals surface area contributed by atoms with E-state index in [1.165, 1.54) is 18.0 Å². The van der Waals surface area contributed by atoms with Crippen LogP contribution in [0.1, 0.15) is 39.8 Å². The van der Waals surface area contributed by atoms with Gasteiger partial charge in [-0.3, -0.25) is 4.99 Å². The molecule has 0 bridgehead atoms. The summed E-state index contributed by atoms with van der Waals surface area (Å²) in [6, 6.07) is 0.814. The molecule has 7 heteroatoms. The first kappa shape index (κ1) is 17.6. The second-order valence-corrected chi connectivity index (χ2v) is 7.57. The van der Waals surface area contributed by atoms with E-state index in [2.05, 4.69) is 23.8 Å². The Morgan fingerprint density at radius 3 is 2.78 bits per heavy atom. The number of hydrogen-bond acceptors (Lipinski definition) is 6. The predicted octanol–water partition coefficient (Wildman–Crippen LogP) is 2.94. The first-order valence-electron chi connectivity index (χ1n) is 7.50. The molecule has 0 saturated heterocycles. The second-order valence-electron chi connectivity index (χ2n) is 6.57. The highest BCUT2D eigenvalue weighted by atomic mass is 32.2. The molecular weight excluding hydrogens is 316 g/mol. The fourth-order valence-electron chi connectivity index (χ4n) is 2.63. The van der Waals surface area contributed by atoms with Crippen molar-refractivity contribution in [3.8, 4) is 11.5 Å². The number of pyridine rings is 1. The van der Waals surface area contributed by atoms with Gasteiger partial charge in [-0.1, -0.05) is 13.8 Å². The summed E-state index contributed by atoms with van der Waals surface area (Å²) in [6.07, 6.45) is 2.37. The van der Waals surface area contributed by atoms with E-state index in [0.29, 0.717) is 22.5 Å². The lowest BCUT2D eigenvalue weighted by Crippen LogP contribution is -2.30. The van der Waals surface area contributed by atoms with Gasteiger partial charge in [-0.15, -0.1) is 11.8 Å². The first-order valence-corrected chi connectivity index (χ1v) is 8.49. The number of aliphatic carboxylic acids is 1. The molecule has 1 aromatic rings. The molecule has 0 saturated carbocycles. The van der Waals surface area contributed by atoms with E-state index < -0.39 is 17.6 Å². The maximum absolute atomic E-state index is 11.0. The zero-order chi connectivity index (χ0) is 17.2. The smallest absolute Gasteiger partial charge is 0.329 e. The van der Waals surface area contributed by atoms with Crippen LogP contribution in [0.4, 0.5) is 0 Å². The number of rotatable bonds is 6. The minimum absolute atomic E-state index is 0.0957. The van der Waals surface area contributed by atoms with Gasteiger partial charge in [0.1, 0.15) is 16.3 Å². The minimum Gasteiger partial charge on any atom is -0.503 e. The van der Waals surface area contributed by atoms with Crippen molar-refractivity contribution >= 4 is 22.8 Å². The Bertz CT molecular complexity index is 629. The van der Waals surface area contributed by atoms with Gasteiger partial charge in [-0.25, -0.2) is 9.78 Å². The Labute approximate surface area is 140 Å². The second kappa shape index (κ2) is 6.78. The molecule has 0 amide bonds. The van der Waals surface area contributed by atoms with Gasteiger partial charge in [0, 0.05) is 18.0 Å². The number of thioether (sulfide) groups is 1. The lowest BCUT2D eigenvalue weighted by molar-refractivity contribution is -0.137. The molecule has 1 aliphatic heterocycles. The Morgan fingerprint density at radius 2 is 2.22 bits per heavy atom. The van der Waals surface area contributed by atoms with Crippen LogP contribution in [0.5, 0.6) is 11.5 Å². The highest BCUT2D eigenvalue weighted by Gasteiger charge is 2.29. The zero-order valence-corrected chi connectivity index (χ0v) is 14.6. The normalized spacial score (nSPS) is 18.1. The summed E-state index contributed by atoms with van der Waals surface area (Å²) in [5.41, 5.74) is -0.157. The average molecular weight is 338 g/mol. The highest BCUT2D eigenvalue weighted by Crippen LogP contribution is 2.36. The molecular formula is C16H22N2O4S. The number of aromatic hydroxyl groups is 1. The van der Waals surface area contributed by atoms with E-state index in [-0.39, 0.29) is 11.4 Å². The molecule has 0 unspecified atom stereocenters. The Kier molecular flexibility index (Phi) is 5.19. The molecule has 2 N–H and O–H groups in total. The van der Waals surface area contributed by atoms with Gasteiger partial charge < -0.3 is 14.9 Å². The molecule has 0 fully saturated rings. The van der Waals surface area contributed by atoms with Crippen molar-refractivity contribution in [1.82, 2.24) is 4.98 Å². The Morgan fingerprint density at radius 1 is 1.52 bits per heavy atom. The van der Waals surface area contributed by atoms with E-state index in [9.17, 15) is 9.90 Å². The molecule has 0 aliphatic carbocycles. The molecule has 6 nitrogen and oxygen atoms in total. The van der Waals surface area contributed by atoms with Gasteiger partial charge in [0.05, 0.1) is 0 Å². The molecule has 23 heavy (non-hydrogen) atoms. The minimum atomic E-state index is -0.975. The monoisotopic (exact) mass is 338 g/mol. The van der Waals surface area contributed by atoms with Gasteiger partial charge in [0.25, 0.3) is 0 Å². The zero-order valence-electron chi connectivity index (χ0n) is 13.7. The molecule has 2 heterocycles. The maximum atomic E-state index is 11.0. The topological polar surface area (TPSA) is 92.0 Å². The highest BCUT2D eigenvalue weighted by molar-refractivity contribution is 8.14. The molecule has 0 radical (unpaired) electrons. The number of hydrogen-bond donors (Lipinski definition) is 2. The van der Waals surface area contributed by atoms with Crippen LogP contribution in [-0.4, -0.2) is 43.6 Å². The molecule has 1 atom stereocenters. The van der Waals surface area contributed by atoms with Gasteiger partial charge >= 0.3 is 5.97 Å². The summed E-state index contributed by atoms with van der Waals surface area (Å²) in [6.45, 7) is 8.15. The Hall–Kier alpha value is -1.76. The fraction of sp³-hybridized carbons (Fsp3) is 0.562. The van der Waals surface area contributed by atoms with Crippen LogP contribution < -0.4 is 4.74 Å². The summed E-state index contributed by atoms with van der Waals surface area (Å²) in [5, 5.41) is 19.9. The number of aromatic nitrogens is 1. The van der Waals surface area contributed by atoms with Crippen LogP contribution in [0.3, 0.4) is 0 Å². The van der Waals surface area contributed by atoms with Gasteiger partial charge in [-0.2, -0.15) is 0 Å². The summed E-state index contributed by atoms with van der Waals surface area (Å²) in [7, 11) is 0. The lowest BCUT2D eigenvalue weighted by Gasteiger charge is -2.28. The van der Waals surface area contributed by atoms with E-state index in [4.69, 9.17) is 9.84 Å². The van der Waals surface area contributed by atoms with Crippen LogP contribution in [0.2, 0.25) is 0 Å². The van der Waals surface area contributed by atoms with Crippen LogP contribution >= 0.6 is 11.8 Å². The molecule has 1 aliphatic rings. The lowest BCUT2D eigenvalue weighted by atomic mass is 9.96. The third-order valence-electron chi connectivity index (χ3n) is 3.31. The summed E-state index contributed by atoms with van der Waals surface area (Å²) < 4.78 is 5.95. The number of carboxylic acid groups (broad SMARTS) is 1. The van der Waals surface area contributed by atoms with E-state index in [1.807, 2.05) is 13.8 Å². The third kappa shape index (κ3) is 4.37. The van der Waals surface area contributed by atoms with Crippen molar-refractivity contribution in [2.75, 3.05) is 5.75 Å². The van der Waals surface area contributed by atoms with Crippen LogP contribution in [-0.2, 0) is 4.79 Å². The van der Waals surface area contributed by atoms with Crippen molar-refractivity contribution in [3.05, 3.63) is 18.0 Å². The molecule has 0 aromatic carbocycles. The SMILES string of the molecule is CC(C)CC(C)(C)Oc1ccnc(C2=N[C@@H](C(=O)O)CS2)c1O. The number of carbonyl (C=O) groups is 1. The van der Waals surface area contributed by atoms with Crippen molar-refractivity contribution in [2.24, 2.45) is 10.9 Å². The molecule has 2 rings (SSSR count). The van der Waals surface area contributed by atoms with Crippen LogP contribution in [0, 0.1) is 5.92 Å². The number of ether oxygens (including phenoxy) is 1. The average Bonchev–Trinajstić information content (AvgIpc) is 2.89. The quantitative estimate of drug-likeness (QED) is 0.828. The first-order chi connectivity index (χ1) is 10.7. The van der Waals surface area contributed by atoms with Gasteiger partial charge in [-0.05, 0) is 26.2 Å². The predicted molar refractivity (Wildman–Crippen MR) is 90.5 cm³/mol. The summed E-state index contributed by atoms with van der Waals surface area (Å²) >= 11 is 1.27. The summed E-state index contributed by atoms with van der Waals surface area (Å²) in [4.78, 5) is 19.2. The van der Waals surface area contributed by atoms with E-state index in [0.717, 1.165) is 6.42 Å². The maximum Gasteiger partial charge on any atom is 0.329 e. The molecule has 1 aromatic heterocycles. The summed E-state index contributed by atoms with van der Waals surface area (Å²) in [5.74, 6) is 0.0664. The largest absolute Gasteiger partial charge is 0.503 e. The van der Waals surface area contributed by atoms with Crippen LogP contribution in [0.25, 0.3) is 0 Å². The van der Waals surface area contributed by atoms with Crippen LogP contribution in [0.15, 0.2) is 17.3 Å². The number of aliphatic imine (C=N–C) groups is 1. The number of carboxylic acids is 1. The van der Waals surface area contributed by atoms with Crippen molar-refractivity contribution in [3.63, 3.8) is 0 Å². The standard InChI is InChI=1S/C16H22N2O4S/c1-9(2)7-16(3,4)22-11-5-6-17-12(13(11)19)14-18-10(8-23-14)15(20)21/h5-6,9-10,19H,7-8H2,1-4H3,(H,20,21)/t10-/m1/s1.